The van der Waals surface area contributed by atoms with E-state index in [0.717, 1.165) is 24.5 Å². The summed E-state index contributed by atoms with van der Waals surface area (Å²) in [6.07, 6.45) is 3.99. The van der Waals surface area contributed by atoms with Crippen LogP contribution in [0.15, 0.2) is 0 Å². The molecule has 3 aliphatic heterocycles. The molecule has 0 aromatic heterocycles. The summed E-state index contributed by atoms with van der Waals surface area (Å²) in [5.74, 6) is 1.94. The van der Waals surface area contributed by atoms with Crippen LogP contribution in [0.4, 0.5) is 0 Å². The highest BCUT2D eigenvalue weighted by molar-refractivity contribution is 7.99. The molecular formula is C10H16N2O2S. The number of ether oxygens (including phenoxy) is 1. The Balaban J connectivity index is 1.54. The van der Waals surface area contributed by atoms with Crippen molar-refractivity contribution in [1.29, 1.82) is 0 Å². The third-order valence-electron chi connectivity index (χ3n) is 3.47. The fraction of sp³-hybridized carbons (Fsp3) is 0.900. The number of rotatable bonds is 2. The van der Waals surface area contributed by atoms with Crippen molar-refractivity contribution in [2.75, 3.05) is 11.6 Å². The summed E-state index contributed by atoms with van der Waals surface area (Å²) in [7, 11) is 0. The first-order valence-corrected chi connectivity index (χ1v) is 6.75. The highest BCUT2D eigenvalue weighted by Gasteiger charge is 2.42. The Bertz CT molecular complexity index is 268. The fourth-order valence-electron chi connectivity index (χ4n) is 2.64. The van der Waals surface area contributed by atoms with Crippen molar-refractivity contribution in [3.05, 3.63) is 0 Å². The molecule has 3 fully saturated rings. The van der Waals surface area contributed by atoms with E-state index in [4.69, 9.17) is 4.74 Å². The molecule has 15 heavy (non-hydrogen) atoms. The Morgan fingerprint density at radius 1 is 1.47 bits per heavy atom. The van der Waals surface area contributed by atoms with Gasteiger partial charge in [-0.05, 0) is 19.3 Å². The quantitative estimate of drug-likeness (QED) is 0.703. The standard InChI is InChI=1S/C10H16N2O2S/c13-10(8-4-15-5-11-8)12-7-3-6-1-2-9(7)14-6/h6-9,11H,1-5H2,(H,12,13)/t6-,7-,8-,9+/m1/s1. The molecule has 3 heterocycles. The molecule has 0 spiro atoms. The predicted octanol–water partition coefficient (Wildman–Crippen LogP) is 0.0850. The van der Waals surface area contributed by atoms with Gasteiger partial charge in [-0.2, -0.15) is 0 Å². The molecule has 3 rings (SSSR count). The van der Waals surface area contributed by atoms with Gasteiger partial charge >= 0.3 is 0 Å². The van der Waals surface area contributed by atoms with Crippen LogP contribution in [-0.2, 0) is 9.53 Å². The zero-order valence-corrected chi connectivity index (χ0v) is 9.39. The van der Waals surface area contributed by atoms with E-state index in [9.17, 15) is 4.79 Å². The highest BCUT2D eigenvalue weighted by atomic mass is 32.2. The number of carbonyl (C=O) groups is 1. The SMILES string of the molecule is O=C(N[C@@H]1C[C@H]2CC[C@@H]1O2)[C@H]1CSCN1. The number of amides is 1. The third kappa shape index (κ3) is 1.88. The zero-order chi connectivity index (χ0) is 10.3. The van der Waals surface area contributed by atoms with Crippen LogP contribution in [0.1, 0.15) is 19.3 Å². The Morgan fingerprint density at radius 2 is 2.40 bits per heavy atom. The van der Waals surface area contributed by atoms with Crippen LogP contribution in [0, 0.1) is 0 Å². The van der Waals surface area contributed by atoms with E-state index in [1.165, 1.54) is 6.42 Å². The van der Waals surface area contributed by atoms with Gasteiger partial charge in [0.05, 0.1) is 24.3 Å². The van der Waals surface area contributed by atoms with Crippen molar-refractivity contribution in [3.63, 3.8) is 0 Å². The zero-order valence-electron chi connectivity index (χ0n) is 8.57. The molecule has 0 aromatic rings. The molecule has 5 heteroatoms. The average Bonchev–Trinajstić information content (AvgIpc) is 2.95. The Morgan fingerprint density at radius 3 is 3.00 bits per heavy atom. The van der Waals surface area contributed by atoms with Crippen LogP contribution < -0.4 is 10.6 Å². The van der Waals surface area contributed by atoms with Gasteiger partial charge < -0.3 is 10.1 Å². The summed E-state index contributed by atoms with van der Waals surface area (Å²) in [5.41, 5.74) is 0. The molecule has 2 N–H and O–H groups in total. The smallest absolute Gasteiger partial charge is 0.238 e. The van der Waals surface area contributed by atoms with Crippen molar-refractivity contribution in [3.8, 4) is 0 Å². The predicted molar refractivity (Wildman–Crippen MR) is 58.7 cm³/mol. The summed E-state index contributed by atoms with van der Waals surface area (Å²) in [6, 6.07) is 0.276. The molecular weight excluding hydrogens is 212 g/mol. The van der Waals surface area contributed by atoms with E-state index in [-0.39, 0.29) is 24.1 Å². The normalized spacial score (nSPS) is 43.5. The third-order valence-corrected chi connectivity index (χ3v) is 4.41. The molecule has 2 bridgehead atoms. The number of nitrogens with one attached hydrogen (secondary N) is 2. The van der Waals surface area contributed by atoms with Gasteiger partial charge in [0.2, 0.25) is 5.91 Å². The molecule has 0 radical (unpaired) electrons. The number of fused-ring (bicyclic) bond motifs is 2. The lowest BCUT2D eigenvalue weighted by molar-refractivity contribution is -0.123. The van der Waals surface area contributed by atoms with Gasteiger partial charge in [-0.3, -0.25) is 10.1 Å². The maximum Gasteiger partial charge on any atom is 0.238 e. The molecule has 84 valence electrons. The van der Waals surface area contributed by atoms with Crippen molar-refractivity contribution < 1.29 is 9.53 Å². The fourth-order valence-corrected chi connectivity index (χ4v) is 3.58. The molecule has 0 unspecified atom stereocenters. The summed E-state index contributed by atoms with van der Waals surface area (Å²) in [5, 5.41) is 6.30. The van der Waals surface area contributed by atoms with Crippen molar-refractivity contribution in [2.24, 2.45) is 0 Å². The second-order valence-corrected chi connectivity index (χ2v) is 5.53. The Kier molecular flexibility index (Phi) is 2.62. The van der Waals surface area contributed by atoms with E-state index in [1.807, 2.05) is 0 Å². The average molecular weight is 228 g/mol. The van der Waals surface area contributed by atoms with Gasteiger partial charge in [0, 0.05) is 11.6 Å². The van der Waals surface area contributed by atoms with Crippen molar-refractivity contribution in [1.82, 2.24) is 10.6 Å². The molecule has 3 aliphatic rings. The van der Waals surface area contributed by atoms with Crippen LogP contribution >= 0.6 is 11.8 Å². The largest absolute Gasteiger partial charge is 0.373 e. The van der Waals surface area contributed by atoms with Crippen LogP contribution in [0.3, 0.4) is 0 Å². The number of hydrogen-bond acceptors (Lipinski definition) is 4. The second-order valence-electron chi connectivity index (χ2n) is 4.50. The molecule has 4 atom stereocenters. The molecule has 0 aliphatic carbocycles. The lowest BCUT2D eigenvalue weighted by Crippen LogP contribution is -2.49. The van der Waals surface area contributed by atoms with Gasteiger partial charge in [0.15, 0.2) is 0 Å². The summed E-state index contributed by atoms with van der Waals surface area (Å²) in [4.78, 5) is 11.8. The van der Waals surface area contributed by atoms with E-state index >= 15 is 0 Å². The van der Waals surface area contributed by atoms with Gasteiger partial charge in [0.25, 0.3) is 0 Å². The van der Waals surface area contributed by atoms with Crippen LogP contribution in [0.5, 0.6) is 0 Å². The summed E-state index contributed by atoms with van der Waals surface area (Å²) < 4.78 is 5.71. The van der Waals surface area contributed by atoms with E-state index in [2.05, 4.69) is 10.6 Å². The van der Waals surface area contributed by atoms with E-state index in [1.54, 1.807) is 11.8 Å². The first-order chi connectivity index (χ1) is 7.33. The maximum absolute atomic E-state index is 11.8. The monoisotopic (exact) mass is 228 g/mol. The lowest BCUT2D eigenvalue weighted by atomic mass is 9.95. The van der Waals surface area contributed by atoms with Gasteiger partial charge in [-0.15, -0.1) is 11.8 Å². The molecule has 1 amide bonds. The minimum absolute atomic E-state index is 0.00845. The highest BCUT2D eigenvalue weighted by Crippen LogP contribution is 2.34. The molecule has 4 nitrogen and oxygen atoms in total. The van der Waals surface area contributed by atoms with Crippen molar-refractivity contribution >= 4 is 17.7 Å². The van der Waals surface area contributed by atoms with E-state index < -0.39 is 0 Å². The van der Waals surface area contributed by atoms with Crippen LogP contribution in [0.2, 0.25) is 0 Å². The minimum Gasteiger partial charge on any atom is -0.373 e. The second kappa shape index (κ2) is 3.96. The van der Waals surface area contributed by atoms with Gasteiger partial charge in [-0.25, -0.2) is 0 Å². The van der Waals surface area contributed by atoms with Gasteiger partial charge in [-0.1, -0.05) is 0 Å². The first kappa shape index (κ1) is 9.93. The number of thioether (sulfide) groups is 1. The van der Waals surface area contributed by atoms with Gasteiger partial charge in [0.1, 0.15) is 0 Å². The number of carbonyl (C=O) groups excluding carboxylic acids is 1. The topological polar surface area (TPSA) is 50.4 Å². The van der Waals surface area contributed by atoms with Crippen LogP contribution in [0.25, 0.3) is 0 Å². The summed E-state index contributed by atoms with van der Waals surface area (Å²) in [6.45, 7) is 0. The van der Waals surface area contributed by atoms with E-state index in [0.29, 0.717) is 6.10 Å². The number of hydrogen-bond donors (Lipinski definition) is 2. The Hall–Kier alpha value is -0.260. The molecule has 3 saturated heterocycles. The Labute approximate surface area is 93.5 Å². The summed E-state index contributed by atoms with van der Waals surface area (Å²) >= 11 is 1.78. The minimum atomic E-state index is 0.00845. The molecule has 0 saturated carbocycles. The lowest BCUT2D eigenvalue weighted by Gasteiger charge is -2.21. The first-order valence-electron chi connectivity index (χ1n) is 5.60. The van der Waals surface area contributed by atoms with Crippen LogP contribution in [-0.4, -0.2) is 41.8 Å². The van der Waals surface area contributed by atoms with Crippen molar-refractivity contribution in [2.45, 2.75) is 43.6 Å². The maximum atomic E-state index is 11.8. The molecule has 0 aromatic carbocycles.